The van der Waals surface area contributed by atoms with Crippen molar-refractivity contribution in [1.82, 2.24) is 14.5 Å². The standard InChI is InChI=1S/C44H43N3O/c1-27-22-28(2)39(38(48)23-27)42-46-41-35(15-10-16-37(41)47(42)34-19-17-32(18-20-34)43(3,4)5)29-12-9-13-30(24-29)36-26-33(44(6,7)8)25-31-14-11-21-45-40(31)36/h9-26,48H,1-8H3. The molecule has 0 fully saturated rings. The first-order chi connectivity index (χ1) is 22.8. The number of aromatic hydroxyl groups is 1. The summed E-state index contributed by atoms with van der Waals surface area (Å²) in [5, 5.41) is 12.5. The summed E-state index contributed by atoms with van der Waals surface area (Å²) in [6.07, 6.45) is 1.87. The zero-order valence-electron chi connectivity index (χ0n) is 29.2. The zero-order chi connectivity index (χ0) is 34.0. The van der Waals surface area contributed by atoms with Gasteiger partial charge in [0.05, 0.1) is 22.1 Å². The molecule has 0 saturated carbocycles. The van der Waals surface area contributed by atoms with Crippen LogP contribution in [0.15, 0.2) is 109 Å². The summed E-state index contributed by atoms with van der Waals surface area (Å²) in [5.41, 5.74) is 13.5. The third-order valence-corrected chi connectivity index (χ3v) is 9.41. The molecule has 7 rings (SSSR count). The van der Waals surface area contributed by atoms with Crippen molar-refractivity contribution in [3.63, 3.8) is 0 Å². The van der Waals surface area contributed by atoms with Gasteiger partial charge in [0, 0.05) is 28.4 Å². The summed E-state index contributed by atoms with van der Waals surface area (Å²) in [5.74, 6) is 0.956. The van der Waals surface area contributed by atoms with E-state index in [1.165, 1.54) is 11.1 Å². The van der Waals surface area contributed by atoms with E-state index >= 15 is 0 Å². The molecule has 1 N–H and O–H groups in total. The van der Waals surface area contributed by atoms with Crippen molar-refractivity contribution in [2.75, 3.05) is 0 Å². The Kier molecular flexibility index (Phi) is 7.51. The van der Waals surface area contributed by atoms with Crippen molar-refractivity contribution in [3.8, 4) is 45.1 Å². The first kappa shape index (κ1) is 31.4. The Morgan fingerprint density at radius 1 is 0.625 bits per heavy atom. The van der Waals surface area contributed by atoms with Gasteiger partial charge in [0.15, 0.2) is 0 Å². The third-order valence-electron chi connectivity index (χ3n) is 9.41. The van der Waals surface area contributed by atoms with Crippen LogP contribution >= 0.6 is 0 Å². The number of hydrogen-bond acceptors (Lipinski definition) is 3. The molecule has 0 radical (unpaired) electrons. The molecule has 5 aromatic carbocycles. The molecule has 4 heteroatoms. The predicted octanol–water partition coefficient (Wildman–Crippen LogP) is 11.5. The second-order valence-corrected chi connectivity index (χ2v) is 15.1. The molecule has 0 unspecified atom stereocenters. The lowest BCUT2D eigenvalue weighted by atomic mass is 9.84. The summed E-state index contributed by atoms with van der Waals surface area (Å²) in [6.45, 7) is 17.5. The predicted molar refractivity (Wildman–Crippen MR) is 201 cm³/mol. The molecular weight excluding hydrogens is 587 g/mol. The Morgan fingerprint density at radius 2 is 1.31 bits per heavy atom. The van der Waals surface area contributed by atoms with Gasteiger partial charge in [0.25, 0.3) is 0 Å². The smallest absolute Gasteiger partial charge is 0.149 e. The molecule has 0 atom stereocenters. The Balaban J connectivity index is 1.47. The van der Waals surface area contributed by atoms with Crippen molar-refractivity contribution in [2.45, 2.75) is 66.2 Å². The van der Waals surface area contributed by atoms with Crippen molar-refractivity contribution in [3.05, 3.63) is 132 Å². The van der Waals surface area contributed by atoms with Crippen LogP contribution in [0.1, 0.15) is 63.8 Å². The molecule has 0 saturated heterocycles. The van der Waals surface area contributed by atoms with Crippen molar-refractivity contribution < 1.29 is 5.11 Å². The number of imidazole rings is 1. The summed E-state index contributed by atoms with van der Waals surface area (Å²) >= 11 is 0. The van der Waals surface area contributed by atoms with E-state index in [0.717, 1.165) is 72.4 Å². The molecule has 2 heterocycles. The fraction of sp³-hybridized carbons (Fsp3) is 0.227. The number of para-hydroxylation sites is 1. The van der Waals surface area contributed by atoms with Crippen LogP contribution in [0.25, 0.3) is 61.3 Å². The van der Waals surface area contributed by atoms with E-state index in [-0.39, 0.29) is 16.6 Å². The normalized spacial score (nSPS) is 12.2. The fourth-order valence-electron chi connectivity index (χ4n) is 6.81. The summed E-state index contributed by atoms with van der Waals surface area (Å²) < 4.78 is 2.19. The van der Waals surface area contributed by atoms with Gasteiger partial charge in [-0.2, -0.15) is 0 Å². The van der Waals surface area contributed by atoms with Gasteiger partial charge in [0.1, 0.15) is 11.6 Å². The third kappa shape index (κ3) is 5.56. The number of phenolic OH excluding ortho intramolecular Hbond substituents is 1. The molecule has 4 nitrogen and oxygen atoms in total. The van der Waals surface area contributed by atoms with E-state index in [4.69, 9.17) is 9.97 Å². The van der Waals surface area contributed by atoms with E-state index < -0.39 is 0 Å². The molecular formula is C44H43N3O. The minimum atomic E-state index is -0.00400. The lowest BCUT2D eigenvalue weighted by Crippen LogP contribution is -2.11. The van der Waals surface area contributed by atoms with Gasteiger partial charge in [-0.3, -0.25) is 9.55 Å². The minimum absolute atomic E-state index is 0.00400. The van der Waals surface area contributed by atoms with Gasteiger partial charge >= 0.3 is 0 Å². The van der Waals surface area contributed by atoms with E-state index in [2.05, 4.69) is 137 Å². The maximum atomic E-state index is 11.3. The maximum Gasteiger partial charge on any atom is 0.149 e. The lowest BCUT2D eigenvalue weighted by Gasteiger charge is -2.21. The highest BCUT2D eigenvalue weighted by molar-refractivity contribution is 5.99. The largest absolute Gasteiger partial charge is 0.507 e. The van der Waals surface area contributed by atoms with Gasteiger partial charge in [-0.15, -0.1) is 0 Å². The number of nitrogens with zero attached hydrogens (tertiary/aromatic N) is 3. The van der Waals surface area contributed by atoms with Crippen LogP contribution in [-0.4, -0.2) is 19.6 Å². The van der Waals surface area contributed by atoms with Crippen LogP contribution in [0.5, 0.6) is 5.75 Å². The Labute approximate surface area is 283 Å². The minimum Gasteiger partial charge on any atom is -0.507 e. The fourth-order valence-corrected chi connectivity index (χ4v) is 6.81. The summed E-state index contributed by atoms with van der Waals surface area (Å²) in [4.78, 5) is 10.2. The van der Waals surface area contributed by atoms with Crippen LogP contribution in [-0.2, 0) is 10.8 Å². The lowest BCUT2D eigenvalue weighted by molar-refractivity contribution is 0.476. The average Bonchev–Trinajstić information content (AvgIpc) is 3.42. The number of pyridine rings is 1. The number of rotatable bonds is 4. The highest BCUT2D eigenvalue weighted by atomic mass is 16.3. The van der Waals surface area contributed by atoms with E-state index in [1.54, 1.807) is 0 Å². The second kappa shape index (κ2) is 11.5. The highest BCUT2D eigenvalue weighted by Crippen LogP contribution is 2.41. The van der Waals surface area contributed by atoms with Gasteiger partial charge < -0.3 is 5.11 Å². The Hall–Kier alpha value is -5.22. The topological polar surface area (TPSA) is 50.9 Å². The summed E-state index contributed by atoms with van der Waals surface area (Å²) in [6, 6.07) is 36.5. The van der Waals surface area contributed by atoms with E-state index in [9.17, 15) is 5.11 Å². The number of phenols is 1. The zero-order valence-corrected chi connectivity index (χ0v) is 29.2. The van der Waals surface area contributed by atoms with E-state index in [0.29, 0.717) is 0 Å². The maximum absolute atomic E-state index is 11.3. The Bertz CT molecular complexity index is 2310. The molecule has 0 aliphatic heterocycles. The van der Waals surface area contributed by atoms with Gasteiger partial charge in [-0.1, -0.05) is 96.1 Å². The molecule has 240 valence electrons. The van der Waals surface area contributed by atoms with Gasteiger partial charge in [0.2, 0.25) is 0 Å². The quantitative estimate of drug-likeness (QED) is 0.211. The van der Waals surface area contributed by atoms with Gasteiger partial charge in [-0.25, -0.2) is 4.98 Å². The average molecular weight is 630 g/mol. The first-order valence-corrected chi connectivity index (χ1v) is 16.7. The molecule has 7 aromatic rings. The van der Waals surface area contributed by atoms with Gasteiger partial charge in [-0.05, 0) is 107 Å². The van der Waals surface area contributed by atoms with Crippen LogP contribution in [0, 0.1) is 13.8 Å². The number of fused-ring (bicyclic) bond motifs is 2. The van der Waals surface area contributed by atoms with Crippen LogP contribution in [0.3, 0.4) is 0 Å². The SMILES string of the molecule is Cc1cc(C)c(-c2nc3c(-c4cccc(-c5cc(C(C)(C)C)cc6cccnc56)c4)cccc3n2-c2ccc(C(C)(C)C)cc2)c(O)c1. The molecule has 48 heavy (non-hydrogen) atoms. The van der Waals surface area contributed by atoms with Crippen molar-refractivity contribution in [2.24, 2.45) is 0 Å². The first-order valence-electron chi connectivity index (χ1n) is 16.7. The second-order valence-electron chi connectivity index (χ2n) is 15.1. The molecule has 0 bridgehead atoms. The highest BCUT2D eigenvalue weighted by Gasteiger charge is 2.23. The monoisotopic (exact) mass is 629 g/mol. The van der Waals surface area contributed by atoms with Crippen LogP contribution < -0.4 is 0 Å². The Morgan fingerprint density at radius 3 is 2.00 bits per heavy atom. The molecule has 0 amide bonds. The van der Waals surface area contributed by atoms with Crippen molar-refractivity contribution in [1.29, 1.82) is 0 Å². The molecule has 2 aromatic heterocycles. The number of aromatic nitrogens is 3. The van der Waals surface area contributed by atoms with Crippen molar-refractivity contribution >= 4 is 21.9 Å². The number of hydrogen-bond donors (Lipinski definition) is 1. The summed E-state index contributed by atoms with van der Waals surface area (Å²) in [7, 11) is 0. The number of benzene rings is 5. The molecule has 0 aliphatic rings. The van der Waals surface area contributed by atoms with Crippen LogP contribution in [0.2, 0.25) is 0 Å². The molecule has 0 spiro atoms. The molecule has 0 aliphatic carbocycles. The van der Waals surface area contributed by atoms with E-state index in [1.807, 2.05) is 32.2 Å². The number of aryl methyl sites for hydroxylation is 2. The van der Waals surface area contributed by atoms with Crippen LogP contribution in [0.4, 0.5) is 0 Å².